The minimum atomic E-state index is -4.35. The van der Waals surface area contributed by atoms with E-state index in [4.69, 9.17) is 4.74 Å². The summed E-state index contributed by atoms with van der Waals surface area (Å²) in [5.41, 5.74) is 1.46. The second-order valence-corrected chi connectivity index (χ2v) is 6.61. The maximum absolute atomic E-state index is 12.7. The van der Waals surface area contributed by atoms with Gasteiger partial charge in [0.2, 0.25) is 0 Å². The molecule has 0 saturated carbocycles. The lowest BCUT2D eigenvalue weighted by Crippen LogP contribution is -2.03. The number of rotatable bonds is 5. The monoisotopic (exact) mass is 403 g/mol. The number of hydrogen-bond acceptors (Lipinski definition) is 6. The van der Waals surface area contributed by atoms with Crippen LogP contribution in [0.15, 0.2) is 60.2 Å². The van der Waals surface area contributed by atoms with Gasteiger partial charge in [-0.2, -0.15) is 13.2 Å². The lowest BCUT2D eigenvalue weighted by Gasteiger charge is -2.06. The predicted octanol–water partition coefficient (Wildman–Crippen LogP) is 4.38. The van der Waals surface area contributed by atoms with Crippen molar-refractivity contribution in [3.8, 4) is 22.0 Å². The van der Waals surface area contributed by atoms with Crippen molar-refractivity contribution in [1.29, 1.82) is 0 Å². The fourth-order valence-electron chi connectivity index (χ4n) is 2.44. The Labute approximate surface area is 161 Å². The zero-order chi connectivity index (χ0) is 19.6. The first-order valence-electron chi connectivity index (χ1n) is 8.07. The summed E-state index contributed by atoms with van der Waals surface area (Å²) in [6.07, 6.45) is -2.85. The van der Waals surface area contributed by atoms with Gasteiger partial charge in [0.05, 0.1) is 16.9 Å². The number of aromatic nitrogens is 5. The van der Waals surface area contributed by atoms with Gasteiger partial charge in [0.1, 0.15) is 23.7 Å². The van der Waals surface area contributed by atoms with E-state index in [0.717, 1.165) is 17.8 Å². The van der Waals surface area contributed by atoms with E-state index in [1.54, 1.807) is 12.1 Å². The molecule has 0 N–H and O–H groups in total. The number of tetrazole rings is 1. The van der Waals surface area contributed by atoms with Crippen LogP contribution in [-0.2, 0) is 12.8 Å². The number of ether oxygens (including phenoxy) is 1. The maximum Gasteiger partial charge on any atom is 0.416 e. The molecule has 28 heavy (non-hydrogen) atoms. The number of alkyl halides is 3. The molecule has 0 aliphatic heterocycles. The van der Waals surface area contributed by atoms with E-state index in [1.807, 2.05) is 17.5 Å². The standard InChI is InChI=1S/C18H12F3N5OS/c19-18(20,21)13-3-1-12(2-4-13)17-23-14(10-28-17)9-27-16-7-5-15(6-8-16)26-11-22-24-25-26/h1-8,10-11H,9H2. The van der Waals surface area contributed by atoms with Crippen LogP contribution in [0.1, 0.15) is 11.3 Å². The van der Waals surface area contributed by atoms with E-state index in [0.29, 0.717) is 22.0 Å². The van der Waals surface area contributed by atoms with Crippen LogP contribution in [0, 0.1) is 0 Å². The van der Waals surface area contributed by atoms with E-state index in [-0.39, 0.29) is 6.61 Å². The molecule has 0 radical (unpaired) electrons. The fraction of sp³-hybridized carbons (Fsp3) is 0.111. The zero-order valence-electron chi connectivity index (χ0n) is 14.2. The van der Waals surface area contributed by atoms with Crippen LogP contribution in [0.25, 0.3) is 16.3 Å². The molecule has 0 atom stereocenters. The third-order valence-corrected chi connectivity index (χ3v) is 4.79. The van der Waals surface area contributed by atoms with Crippen LogP contribution < -0.4 is 4.74 Å². The molecule has 10 heteroatoms. The summed E-state index contributed by atoms with van der Waals surface area (Å²) in [6.45, 7) is 0.251. The summed E-state index contributed by atoms with van der Waals surface area (Å²) in [7, 11) is 0. The van der Waals surface area contributed by atoms with E-state index in [9.17, 15) is 13.2 Å². The molecule has 4 rings (SSSR count). The molecule has 0 unspecified atom stereocenters. The molecule has 0 aliphatic carbocycles. The first-order valence-corrected chi connectivity index (χ1v) is 8.95. The second kappa shape index (κ2) is 7.39. The number of thiazole rings is 1. The van der Waals surface area contributed by atoms with Crippen LogP contribution in [0.3, 0.4) is 0 Å². The first-order chi connectivity index (χ1) is 13.5. The Kier molecular flexibility index (Phi) is 4.78. The Bertz CT molecular complexity index is 1040. The highest BCUT2D eigenvalue weighted by Gasteiger charge is 2.30. The van der Waals surface area contributed by atoms with Crippen molar-refractivity contribution in [3.63, 3.8) is 0 Å². The van der Waals surface area contributed by atoms with Gasteiger partial charge in [0.15, 0.2) is 0 Å². The summed E-state index contributed by atoms with van der Waals surface area (Å²) in [5.74, 6) is 0.654. The van der Waals surface area contributed by atoms with Crippen molar-refractivity contribution in [2.75, 3.05) is 0 Å². The quantitative estimate of drug-likeness (QED) is 0.495. The molecule has 0 bridgehead atoms. The SMILES string of the molecule is FC(F)(F)c1ccc(-c2nc(COc3ccc(-n4cnnn4)cc3)cs2)cc1. The topological polar surface area (TPSA) is 65.7 Å². The average Bonchev–Trinajstić information content (AvgIpc) is 3.38. The van der Waals surface area contributed by atoms with E-state index >= 15 is 0 Å². The molecule has 0 amide bonds. The molecular weight excluding hydrogens is 391 g/mol. The molecule has 2 aromatic carbocycles. The lowest BCUT2D eigenvalue weighted by atomic mass is 10.1. The Balaban J connectivity index is 1.40. The normalized spacial score (nSPS) is 11.5. The first kappa shape index (κ1) is 18.1. The predicted molar refractivity (Wildman–Crippen MR) is 96.0 cm³/mol. The third-order valence-electron chi connectivity index (χ3n) is 3.85. The number of hydrogen-bond donors (Lipinski definition) is 0. The van der Waals surface area contributed by atoms with Crippen molar-refractivity contribution in [1.82, 2.24) is 25.2 Å². The highest BCUT2D eigenvalue weighted by atomic mass is 32.1. The smallest absolute Gasteiger partial charge is 0.416 e. The van der Waals surface area contributed by atoms with E-state index in [1.165, 1.54) is 34.5 Å². The molecule has 2 heterocycles. The van der Waals surface area contributed by atoms with Crippen molar-refractivity contribution < 1.29 is 17.9 Å². The largest absolute Gasteiger partial charge is 0.487 e. The Morgan fingerprint density at radius 3 is 2.39 bits per heavy atom. The summed E-state index contributed by atoms with van der Waals surface area (Å²) in [4.78, 5) is 4.43. The van der Waals surface area contributed by atoms with Crippen LogP contribution >= 0.6 is 11.3 Å². The van der Waals surface area contributed by atoms with E-state index in [2.05, 4.69) is 20.5 Å². The van der Waals surface area contributed by atoms with Gasteiger partial charge < -0.3 is 4.74 Å². The zero-order valence-corrected chi connectivity index (χ0v) is 15.0. The molecule has 0 aliphatic rings. The van der Waals surface area contributed by atoms with Crippen molar-refractivity contribution >= 4 is 11.3 Å². The van der Waals surface area contributed by atoms with Gasteiger partial charge >= 0.3 is 6.18 Å². The van der Waals surface area contributed by atoms with Crippen molar-refractivity contribution in [2.24, 2.45) is 0 Å². The lowest BCUT2D eigenvalue weighted by molar-refractivity contribution is -0.137. The second-order valence-electron chi connectivity index (χ2n) is 5.76. The minimum absolute atomic E-state index is 0.251. The van der Waals surface area contributed by atoms with Crippen LogP contribution in [0.4, 0.5) is 13.2 Å². The Morgan fingerprint density at radius 2 is 1.75 bits per heavy atom. The molecule has 4 aromatic rings. The van der Waals surface area contributed by atoms with Crippen molar-refractivity contribution in [2.45, 2.75) is 12.8 Å². The van der Waals surface area contributed by atoms with Gasteiger partial charge in [0, 0.05) is 10.9 Å². The fourth-order valence-corrected chi connectivity index (χ4v) is 3.25. The molecule has 0 spiro atoms. The minimum Gasteiger partial charge on any atom is -0.487 e. The van der Waals surface area contributed by atoms with Crippen LogP contribution in [0.2, 0.25) is 0 Å². The molecule has 0 saturated heterocycles. The van der Waals surface area contributed by atoms with Gasteiger partial charge in [-0.3, -0.25) is 0 Å². The number of halogens is 3. The molecule has 6 nitrogen and oxygen atoms in total. The molecule has 142 valence electrons. The summed E-state index contributed by atoms with van der Waals surface area (Å²) < 4.78 is 45.2. The summed E-state index contributed by atoms with van der Waals surface area (Å²) in [6, 6.07) is 12.2. The van der Waals surface area contributed by atoms with Gasteiger partial charge in [-0.15, -0.1) is 16.4 Å². The molecule has 0 fully saturated rings. The van der Waals surface area contributed by atoms with Crippen LogP contribution in [0.5, 0.6) is 5.75 Å². The van der Waals surface area contributed by atoms with Crippen molar-refractivity contribution in [3.05, 3.63) is 71.5 Å². The highest BCUT2D eigenvalue weighted by molar-refractivity contribution is 7.13. The number of nitrogens with zero attached hydrogens (tertiary/aromatic N) is 5. The summed E-state index contributed by atoms with van der Waals surface area (Å²) in [5, 5.41) is 13.4. The van der Waals surface area contributed by atoms with Crippen LogP contribution in [-0.4, -0.2) is 25.2 Å². The maximum atomic E-state index is 12.7. The Morgan fingerprint density at radius 1 is 1.00 bits per heavy atom. The average molecular weight is 403 g/mol. The van der Waals surface area contributed by atoms with E-state index < -0.39 is 11.7 Å². The van der Waals surface area contributed by atoms with Gasteiger partial charge in [0.25, 0.3) is 0 Å². The third kappa shape index (κ3) is 4.01. The molecule has 2 aromatic heterocycles. The number of benzene rings is 2. The van der Waals surface area contributed by atoms with Gasteiger partial charge in [-0.25, -0.2) is 9.67 Å². The Hall–Kier alpha value is -3.27. The van der Waals surface area contributed by atoms with Gasteiger partial charge in [-0.05, 0) is 46.8 Å². The summed E-state index contributed by atoms with van der Waals surface area (Å²) >= 11 is 1.35. The highest BCUT2D eigenvalue weighted by Crippen LogP contribution is 2.31. The molecular formula is C18H12F3N5OS. The van der Waals surface area contributed by atoms with Gasteiger partial charge in [-0.1, -0.05) is 12.1 Å².